The summed E-state index contributed by atoms with van der Waals surface area (Å²) in [5.41, 5.74) is 1.06. The molecule has 0 spiro atoms. The van der Waals surface area contributed by atoms with Crippen molar-refractivity contribution in [3.05, 3.63) is 33.8 Å². The molecule has 0 radical (unpaired) electrons. The number of methoxy groups -OCH3 is 1. The summed E-state index contributed by atoms with van der Waals surface area (Å²) >= 11 is 11.9. The van der Waals surface area contributed by atoms with E-state index in [-0.39, 0.29) is 12.0 Å². The Kier molecular flexibility index (Phi) is 5.08. The third kappa shape index (κ3) is 3.62. The summed E-state index contributed by atoms with van der Waals surface area (Å²) in [6, 6.07) is 5.44. The molecule has 1 heterocycles. The van der Waals surface area contributed by atoms with Gasteiger partial charge in [-0.1, -0.05) is 35.7 Å². The predicted molar refractivity (Wildman–Crippen MR) is 76.5 cm³/mol. The van der Waals surface area contributed by atoms with Crippen molar-refractivity contribution in [1.82, 2.24) is 4.90 Å². The standard InChI is InChI=1S/C14H17Cl2NO2/c1-19-14(18)13-4-2-3-7-17(13)9-10-5-6-11(15)12(16)8-10/h5-6,8,13H,2-4,7,9H2,1H3/t13-/m1/s1. The Hall–Kier alpha value is -0.770. The largest absolute Gasteiger partial charge is 0.468 e. The van der Waals surface area contributed by atoms with Crippen molar-refractivity contribution in [3.63, 3.8) is 0 Å². The fourth-order valence-corrected chi connectivity index (χ4v) is 2.78. The van der Waals surface area contributed by atoms with Crippen molar-refractivity contribution in [2.75, 3.05) is 13.7 Å². The second kappa shape index (κ2) is 6.60. The summed E-state index contributed by atoms with van der Waals surface area (Å²) in [6.45, 7) is 1.59. The third-order valence-electron chi connectivity index (χ3n) is 3.46. The number of hydrogen-bond donors (Lipinski definition) is 0. The Morgan fingerprint density at radius 1 is 1.37 bits per heavy atom. The number of rotatable bonds is 3. The molecule has 1 saturated heterocycles. The summed E-state index contributed by atoms with van der Waals surface area (Å²) in [5, 5.41) is 1.10. The first-order valence-corrected chi connectivity index (χ1v) is 7.13. The molecule has 0 saturated carbocycles. The lowest BCUT2D eigenvalue weighted by Gasteiger charge is -2.33. The van der Waals surface area contributed by atoms with Crippen LogP contribution in [0.4, 0.5) is 0 Å². The van der Waals surface area contributed by atoms with E-state index in [1.807, 2.05) is 12.1 Å². The monoisotopic (exact) mass is 301 g/mol. The highest BCUT2D eigenvalue weighted by molar-refractivity contribution is 6.42. The summed E-state index contributed by atoms with van der Waals surface area (Å²) in [7, 11) is 1.44. The van der Waals surface area contributed by atoms with E-state index in [1.54, 1.807) is 6.07 Å². The fourth-order valence-electron chi connectivity index (χ4n) is 2.46. The summed E-state index contributed by atoms with van der Waals surface area (Å²) in [4.78, 5) is 13.9. The van der Waals surface area contributed by atoms with Crippen LogP contribution in [0.5, 0.6) is 0 Å². The quantitative estimate of drug-likeness (QED) is 0.800. The Bertz CT molecular complexity index is 465. The Morgan fingerprint density at radius 3 is 2.84 bits per heavy atom. The number of carbonyl (C=O) groups is 1. The zero-order valence-electron chi connectivity index (χ0n) is 10.9. The highest BCUT2D eigenvalue weighted by Crippen LogP contribution is 2.25. The first kappa shape index (κ1) is 14.6. The molecule has 104 valence electrons. The van der Waals surface area contributed by atoms with E-state index in [9.17, 15) is 4.79 Å². The van der Waals surface area contributed by atoms with Gasteiger partial charge in [0, 0.05) is 6.54 Å². The molecule has 0 aliphatic carbocycles. The number of carbonyl (C=O) groups excluding carboxylic acids is 1. The first-order chi connectivity index (χ1) is 9.11. The SMILES string of the molecule is COC(=O)[C@H]1CCCCN1Cc1ccc(Cl)c(Cl)c1. The molecular weight excluding hydrogens is 285 g/mol. The second-order valence-electron chi connectivity index (χ2n) is 4.75. The molecular formula is C14H17Cl2NO2. The van der Waals surface area contributed by atoms with E-state index < -0.39 is 0 Å². The number of hydrogen-bond acceptors (Lipinski definition) is 3. The highest BCUT2D eigenvalue weighted by Gasteiger charge is 2.29. The van der Waals surface area contributed by atoms with Crippen LogP contribution >= 0.6 is 23.2 Å². The van der Waals surface area contributed by atoms with Gasteiger partial charge in [0.15, 0.2) is 0 Å². The number of benzene rings is 1. The van der Waals surface area contributed by atoms with Crippen LogP contribution in [0.25, 0.3) is 0 Å². The van der Waals surface area contributed by atoms with E-state index in [1.165, 1.54) is 7.11 Å². The molecule has 19 heavy (non-hydrogen) atoms. The van der Waals surface area contributed by atoms with Gasteiger partial charge < -0.3 is 4.74 Å². The molecule has 0 bridgehead atoms. The van der Waals surface area contributed by atoms with Crippen LogP contribution < -0.4 is 0 Å². The molecule has 3 nitrogen and oxygen atoms in total. The number of nitrogens with zero attached hydrogens (tertiary/aromatic N) is 1. The number of piperidine rings is 1. The van der Waals surface area contributed by atoms with Gasteiger partial charge in [-0.05, 0) is 37.1 Å². The molecule has 1 aromatic rings. The van der Waals surface area contributed by atoms with Crippen molar-refractivity contribution in [3.8, 4) is 0 Å². The molecule has 1 fully saturated rings. The molecule has 1 aliphatic rings. The molecule has 0 unspecified atom stereocenters. The lowest BCUT2D eigenvalue weighted by molar-refractivity contribution is -0.148. The molecule has 2 rings (SSSR count). The smallest absolute Gasteiger partial charge is 0.323 e. The first-order valence-electron chi connectivity index (χ1n) is 6.37. The van der Waals surface area contributed by atoms with Crippen molar-refractivity contribution in [2.45, 2.75) is 31.8 Å². The number of halogens is 2. The molecule has 0 aromatic heterocycles. The van der Waals surface area contributed by atoms with Gasteiger partial charge in [-0.2, -0.15) is 0 Å². The lowest BCUT2D eigenvalue weighted by atomic mass is 10.0. The molecule has 0 amide bonds. The van der Waals surface area contributed by atoms with Crippen LogP contribution in [-0.4, -0.2) is 30.6 Å². The van der Waals surface area contributed by atoms with Crippen LogP contribution in [0.3, 0.4) is 0 Å². The van der Waals surface area contributed by atoms with Crippen molar-refractivity contribution >= 4 is 29.2 Å². The van der Waals surface area contributed by atoms with Gasteiger partial charge in [-0.3, -0.25) is 9.69 Å². The molecule has 1 atom stereocenters. The van der Waals surface area contributed by atoms with Crippen molar-refractivity contribution in [1.29, 1.82) is 0 Å². The summed E-state index contributed by atoms with van der Waals surface area (Å²) in [5.74, 6) is -0.153. The van der Waals surface area contributed by atoms with E-state index in [2.05, 4.69) is 4.90 Å². The summed E-state index contributed by atoms with van der Waals surface area (Å²) in [6.07, 6.45) is 3.03. The minimum atomic E-state index is -0.153. The zero-order chi connectivity index (χ0) is 13.8. The highest BCUT2D eigenvalue weighted by atomic mass is 35.5. The normalized spacial score (nSPS) is 20.3. The number of likely N-dealkylation sites (tertiary alicyclic amines) is 1. The van der Waals surface area contributed by atoms with Crippen molar-refractivity contribution < 1.29 is 9.53 Å². The number of ether oxygens (including phenoxy) is 1. The minimum Gasteiger partial charge on any atom is -0.468 e. The lowest BCUT2D eigenvalue weighted by Crippen LogP contribution is -2.44. The van der Waals surface area contributed by atoms with Crippen LogP contribution in [0.1, 0.15) is 24.8 Å². The molecule has 5 heteroatoms. The Morgan fingerprint density at radius 2 is 2.16 bits per heavy atom. The maximum absolute atomic E-state index is 11.8. The Balaban J connectivity index is 2.10. The van der Waals surface area contributed by atoms with Crippen molar-refractivity contribution in [2.24, 2.45) is 0 Å². The fraction of sp³-hybridized carbons (Fsp3) is 0.500. The maximum Gasteiger partial charge on any atom is 0.323 e. The Labute approximate surface area is 123 Å². The van der Waals surface area contributed by atoms with Gasteiger partial charge in [0.05, 0.1) is 17.2 Å². The van der Waals surface area contributed by atoms with Gasteiger partial charge in [0.25, 0.3) is 0 Å². The average molecular weight is 302 g/mol. The zero-order valence-corrected chi connectivity index (χ0v) is 12.4. The average Bonchev–Trinajstić information content (AvgIpc) is 2.43. The van der Waals surface area contributed by atoms with Gasteiger partial charge in [0.2, 0.25) is 0 Å². The van der Waals surface area contributed by atoms with Gasteiger partial charge in [0.1, 0.15) is 6.04 Å². The van der Waals surface area contributed by atoms with Crippen LogP contribution in [0.2, 0.25) is 10.0 Å². The van der Waals surface area contributed by atoms with E-state index >= 15 is 0 Å². The summed E-state index contributed by atoms with van der Waals surface area (Å²) < 4.78 is 4.87. The van der Waals surface area contributed by atoms with Gasteiger partial charge >= 0.3 is 5.97 Å². The predicted octanol–water partition coefficient (Wildman–Crippen LogP) is 3.52. The van der Waals surface area contributed by atoms with Gasteiger partial charge in [-0.25, -0.2) is 0 Å². The van der Waals surface area contributed by atoms with Crippen LogP contribution in [0, 0.1) is 0 Å². The number of esters is 1. The third-order valence-corrected chi connectivity index (χ3v) is 4.20. The van der Waals surface area contributed by atoms with Gasteiger partial charge in [-0.15, -0.1) is 0 Å². The topological polar surface area (TPSA) is 29.5 Å². The molecule has 0 N–H and O–H groups in total. The van der Waals surface area contributed by atoms with E-state index in [4.69, 9.17) is 27.9 Å². The van der Waals surface area contributed by atoms with E-state index in [0.29, 0.717) is 16.6 Å². The molecule has 1 aliphatic heterocycles. The minimum absolute atomic E-state index is 0.145. The molecule has 1 aromatic carbocycles. The maximum atomic E-state index is 11.8. The van der Waals surface area contributed by atoms with Crippen LogP contribution in [-0.2, 0) is 16.1 Å². The van der Waals surface area contributed by atoms with Crippen LogP contribution in [0.15, 0.2) is 18.2 Å². The second-order valence-corrected chi connectivity index (χ2v) is 5.57. The van der Waals surface area contributed by atoms with E-state index in [0.717, 1.165) is 31.4 Å².